The van der Waals surface area contributed by atoms with Crippen molar-refractivity contribution in [2.75, 3.05) is 18.9 Å². The van der Waals surface area contributed by atoms with E-state index in [1.165, 1.54) is 6.20 Å². The lowest BCUT2D eigenvalue weighted by atomic mass is 9.89. The number of likely N-dealkylation sites (tertiary alicyclic amines) is 1. The summed E-state index contributed by atoms with van der Waals surface area (Å²) in [5.74, 6) is -1.14. The third-order valence-electron chi connectivity index (χ3n) is 5.17. The van der Waals surface area contributed by atoms with Crippen LogP contribution in [0.2, 0.25) is 0 Å². The van der Waals surface area contributed by atoms with Crippen molar-refractivity contribution in [2.45, 2.75) is 32.7 Å². The zero-order valence-corrected chi connectivity index (χ0v) is 16.9. The molecule has 1 aromatic carbocycles. The summed E-state index contributed by atoms with van der Waals surface area (Å²) in [6, 6.07) is 8.75. The van der Waals surface area contributed by atoms with Gasteiger partial charge in [0, 0.05) is 25.4 Å². The lowest BCUT2D eigenvalue weighted by Gasteiger charge is -2.38. The van der Waals surface area contributed by atoms with E-state index in [1.54, 1.807) is 42.4 Å². The minimum atomic E-state index is -0.682. The molecule has 2 atom stereocenters. The smallest absolute Gasteiger partial charge is 0.313 e. The molecule has 152 valence electrons. The van der Waals surface area contributed by atoms with Crippen molar-refractivity contribution in [1.82, 2.24) is 15.2 Å². The second-order valence-corrected chi connectivity index (χ2v) is 7.57. The molecule has 0 saturated carbocycles. The van der Waals surface area contributed by atoms with Gasteiger partial charge in [-0.2, -0.15) is 0 Å². The summed E-state index contributed by atoms with van der Waals surface area (Å²) in [7, 11) is 1.58. The fourth-order valence-electron chi connectivity index (χ4n) is 3.69. The maximum atomic E-state index is 13.0. The van der Waals surface area contributed by atoms with Crippen molar-refractivity contribution in [3.63, 3.8) is 0 Å². The molecular formula is C22H26N4O3. The Hall–Kier alpha value is -3.22. The van der Waals surface area contributed by atoms with Crippen molar-refractivity contribution >= 4 is 23.4 Å². The molecule has 1 aliphatic heterocycles. The van der Waals surface area contributed by atoms with E-state index in [0.29, 0.717) is 23.7 Å². The second kappa shape index (κ2) is 8.86. The largest absolute Gasteiger partial charge is 0.355 e. The molecule has 0 radical (unpaired) electrons. The number of nitrogens with one attached hydrogen (secondary N) is 2. The Morgan fingerprint density at radius 3 is 2.66 bits per heavy atom. The molecule has 2 N–H and O–H groups in total. The zero-order chi connectivity index (χ0) is 21.0. The van der Waals surface area contributed by atoms with E-state index in [1.807, 2.05) is 13.0 Å². The SMILES string of the molecule is CNC(=O)c1cccc([C@H]2CC[C@H](C)CN2C(=O)C(=O)Nc2cncc(C)c2)c1. The highest BCUT2D eigenvalue weighted by atomic mass is 16.2. The topological polar surface area (TPSA) is 91.4 Å². The fourth-order valence-corrected chi connectivity index (χ4v) is 3.69. The minimum Gasteiger partial charge on any atom is -0.355 e. The van der Waals surface area contributed by atoms with Crippen molar-refractivity contribution in [2.24, 2.45) is 5.92 Å². The van der Waals surface area contributed by atoms with Gasteiger partial charge in [0.1, 0.15) is 0 Å². The highest BCUT2D eigenvalue weighted by molar-refractivity contribution is 6.39. The number of aromatic nitrogens is 1. The molecule has 7 heteroatoms. The first-order chi connectivity index (χ1) is 13.9. The lowest BCUT2D eigenvalue weighted by Crippen LogP contribution is -2.46. The van der Waals surface area contributed by atoms with Gasteiger partial charge in [0.25, 0.3) is 5.91 Å². The maximum absolute atomic E-state index is 13.0. The second-order valence-electron chi connectivity index (χ2n) is 7.57. The van der Waals surface area contributed by atoms with Gasteiger partial charge < -0.3 is 15.5 Å². The Morgan fingerprint density at radius 2 is 1.93 bits per heavy atom. The molecule has 3 amide bonds. The molecule has 7 nitrogen and oxygen atoms in total. The molecule has 1 aliphatic rings. The number of amides is 3. The molecule has 2 heterocycles. The van der Waals surface area contributed by atoms with Gasteiger partial charge in [-0.3, -0.25) is 19.4 Å². The van der Waals surface area contributed by atoms with Crippen LogP contribution in [0.5, 0.6) is 0 Å². The van der Waals surface area contributed by atoms with Gasteiger partial charge in [0.2, 0.25) is 0 Å². The number of piperidine rings is 1. The van der Waals surface area contributed by atoms with E-state index < -0.39 is 11.8 Å². The van der Waals surface area contributed by atoms with Gasteiger partial charge in [-0.15, -0.1) is 0 Å². The van der Waals surface area contributed by atoms with Crippen LogP contribution in [0.25, 0.3) is 0 Å². The number of rotatable bonds is 3. The minimum absolute atomic E-state index is 0.182. The first-order valence-corrected chi connectivity index (χ1v) is 9.74. The maximum Gasteiger partial charge on any atom is 0.313 e. The molecule has 0 spiro atoms. The van der Waals surface area contributed by atoms with Gasteiger partial charge in [0.05, 0.1) is 17.9 Å². The first-order valence-electron chi connectivity index (χ1n) is 9.74. The van der Waals surface area contributed by atoms with E-state index in [2.05, 4.69) is 22.5 Å². The number of pyridine rings is 1. The number of aryl methyl sites for hydroxylation is 1. The van der Waals surface area contributed by atoms with Crippen molar-refractivity contribution in [3.8, 4) is 0 Å². The van der Waals surface area contributed by atoms with E-state index >= 15 is 0 Å². The number of hydrogen-bond donors (Lipinski definition) is 2. The highest BCUT2D eigenvalue weighted by Crippen LogP contribution is 2.34. The van der Waals surface area contributed by atoms with Crippen LogP contribution in [-0.2, 0) is 9.59 Å². The summed E-state index contributed by atoms with van der Waals surface area (Å²) < 4.78 is 0. The van der Waals surface area contributed by atoms with Gasteiger partial charge >= 0.3 is 11.8 Å². The Balaban J connectivity index is 1.83. The standard InChI is InChI=1S/C22H26N4O3/c1-14-7-8-19(16-5-4-6-17(10-16)20(27)23-3)26(13-14)22(29)21(28)25-18-9-15(2)11-24-12-18/h4-6,9-12,14,19H,7-8,13H2,1-3H3,(H,23,27)(H,25,28)/t14-,19+/m0/s1. The van der Waals surface area contributed by atoms with E-state index in [9.17, 15) is 14.4 Å². The first kappa shape index (κ1) is 20.5. The van der Waals surface area contributed by atoms with Gasteiger partial charge in [-0.1, -0.05) is 19.1 Å². The Morgan fingerprint density at radius 1 is 1.14 bits per heavy atom. The van der Waals surface area contributed by atoms with Crippen LogP contribution in [0.4, 0.5) is 5.69 Å². The molecule has 29 heavy (non-hydrogen) atoms. The summed E-state index contributed by atoms with van der Waals surface area (Å²) in [5.41, 5.74) is 2.78. The molecule has 3 rings (SSSR count). The lowest BCUT2D eigenvalue weighted by molar-refractivity contribution is -0.146. The zero-order valence-electron chi connectivity index (χ0n) is 16.9. The molecule has 0 bridgehead atoms. The van der Waals surface area contributed by atoms with Crippen LogP contribution in [0.15, 0.2) is 42.7 Å². The predicted octanol–water partition coefficient (Wildman–Crippen LogP) is 2.69. The van der Waals surface area contributed by atoms with Gasteiger partial charge in [0.15, 0.2) is 0 Å². The molecule has 0 aliphatic carbocycles. The highest BCUT2D eigenvalue weighted by Gasteiger charge is 2.34. The van der Waals surface area contributed by atoms with Crippen LogP contribution in [-0.4, -0.2) is 41.2 Å². The fraction of sp³-hybridized carbons (Fsp3) is 0.364. The van der Waals surface area contributed by atoms with Crippen molar-refractivity contribution in [1.29, 1.82) is 0 Å². The third-order valence-corrected chi connectivity index (χ3v) is 5.17. The predicted molar refractivity (Wildman–Crippen MR) is 110 cm³/mol. The summed E-state index contributed by atoms with van der Waals surface area (Å²) in [6.07, 6.45) is 4.88. The van der Waals surface area contributed by atoms with Crippen molar-refractivity contribution in [3.05, 3.63) is 59.4 Å². The molecule has 1 aromatic heterocycles. The molecule has 1 fully saturated rings. The van der Waals surface area contributed by atoms with Crippen LogP contribution >= 0.6 is 0 Å². The summed E-state index contributed by atoms with van der Waals surface area (Å²) in [5, 5.41) is 5.26. The van der Waals surface area contributed by atoms with Crippen LogP contribution < -0.4 is 10.6 Å². The van der Waals surface area contributed by atoms with Gasteiger partial charge in [-0.05, 0) is 55.0 Å². The average Bonchev–Trinajstić information content (AvgIpc) is 2.72. The van der Waals surface area contributed by atoms with E-state index in [4.69, 9.17) is 0 Å². The number of carbonyl (C=O) groups is 3. The molecular weight excluding hydrogens is 368 g/mol. The number of anilines is 1. The van der Waals surface area contributed by atoms with E-state index in [-0.39, 0.29) is 11.9 Å². The summed E-state index contributed by atoms with van der Waals surface area (Å²) in [6.45, 7) is 4.43. The monoisotopic (exact) mass is 394 g/mol. The van der Waals surface area contributed by atoms with Crippen LogP contribution in [0, 0.1) is 12.8 Å². The van der Waals surface area contributed by atoms with Crippen LogP contribution in [0.1, 0.15) is 47.3 Å². The van der Waals surface area contributed by atoms with E-state index in [0.717, 1.165) is 24.0 Å². The Bertz CT molecular complexity index is 928. The molecule has 2 aromatic rings. The number of hydrogen-bond acceptors (Lipinski definition) is 4. The number of benzene rings is 1. The Kier molecular flexibility index (Phi) is 6.26. The summed E-state index contributed by atoms with van der Waals surface area (Å²) >= 11 is 0. The number of carbonyl (C=O) groups excluding carboxylic acids is 3. The quantitative estimate of drug-likeness (QED) is 0.783. The van der Waals surface area contributed by atoms with Gasteiger partial charge in [-0.25, -0.2) is 0 Å². The summed E-state index contributed by atoms with van der Waals surface area (Å²) in [4.78, 5) is 43.3. The molecule has 0 unspecified atom stereocenters. The Labute approximate surface area is 170 Å². The number of nitrogens with zero attached hydrogens (tertiary/aromatic N) is 2. The molecule has 1 saturated heterocycles. The normalized spacial score (nSPS) is 18.8. The van der Waals surface area contributed by atoms with Crippen molar-refractivity contribution < 1.29 is 14.4 Å². The average molecular weight is 394 g/mol. The van der Waals surface area contributed by atoms with Crippen LogP contribution in [0.3, 0.4) is 0 Å². The third kappa shape index (κ3) is 4.80.